The van der Waals surface area contributed by atoms with Crippen LogP contribution in [0.5, 0.6) is 0 Å². The zero-order valence-electron chi connectivity index (χ0n) is 8.54. The average molecular weight is 314 g/mol. The van der Waals surface area contributed by atoms with E-state index >= 15 is 0 Å². The second-order valence-corrected chi connectivity index (χ2v) is 5.64. The molecule has 1 aromatic carbocycles. The van der Waals surface area contributed by atoms with Crippen LogP contribution in [0.2, 0.25) is 0 Å². The van der Waals surface area contributed by atoms with Gasteiger partial charge in [0.1, 0.15) is 4.60 Å². The SMILES string of the molecule is O=S(=O)(Nc1cnc(Br)cn1)c1ccccc1. The molecule has 5 nitrogen and oxygen atoms in total. The molecule has 7 heteroatoms. The van der Waals surface area contributed by atoms with Crippen molar-refractivity contribution < 1.29 is 8.42 Å². The van der Waals surface area contributed by atoms with Crippen LogP contribution in [0.4, 0.5) is 5.82 Å². The van der Waals surface area contributed by atoms with Crippen LogP contribution in [-0.4, -0.2) is 18.4 Å². The fourth-order valence-corrected chi connectivity index (χ4v) is 2.38. The third-order valence-electron chi connectivity index (χ3n) is 1.91. The lowest BCUT2D eigenvalue weighted by atomic mass is 10.4. The minimum atomic E-state index is -3.59. The van der Waals surface area contributed by atoms with Gasteiger partial charge in [-0.25, -0.2) is 18.4 Å². The number of nitrogens with zero attached hydrogens (tertiary/aromatic N) is 2. The Kier molecular flexibility index (Phi) is 3.39. The van der Waals surface area contributed by atoms with E-state index < -0.39 is 10.0 Å². The summed E-state index contributed by atoms with van der Waals surface area (Å²) in [7, 11) is -3.59. The molecule has 0 saturated carbocycles. The van der Waals surface area contributed by atoms with E-state index in [1.165, 1.54) is 24.5 Å². The van der Waals surface area contributed by atoms with Crippen LogP contribution < -0.4 is 4.72 Å². The largest absolute Gasteiger partial charge is 0.263 e. The van der Waals surface area contributed by atoms with E-state index in [0.717, 1.165) is 0 Å². The topological polar surface area (TPSA) is 72.0 Å². The number of anilines is 1. The van der Waals surface area contributed by atoms with Gasteiger partial charge in [-0.3, -0.25) is 4.72 Å². The fraction of sp³-hybridized carbons (Fsp3) is 0. The molecule has 2 aromatic rings. The zero-order chi connectivity index (χ0) is 12.3. The van der Waals surface area contributed by atoms with Crippen molar-refractivity contribution in [3.8, 4) is 0 Å². The molecule has 0 aliphatic rings. The maximum Gasteiger partial charge on any atom is 0.263 e. The van der Waals surface area contributed by atoms with E-state index in [1.54, 1.807) is 18.2 Å². The summed E-state index contributed by atoms with van der Waals surface area (Å²) in [4.78, 5) is 7.96. The van der Waals surface area contributed by atoms with Gasteiger partial charge in [0.15, 0.2) is 5.82 Å². The number of hydrogen-bond donors (Lipinski definition) is 1. The predicted octanol–water partition coefficient (Wildman–Crippen LogP) is 2.04. The van der Waals surface area contributed by atoms with Gasteiger partial charge in [-0.05, 0) is 28.1 Å². The van der Waals surface area contributed by atoms with Gasteiger partial charge in [0.25, 0.3) is 10.0 Å². The number of nitrogens with one attached hydrogen (secondary N) is 1. The molecule has 0 amide bonds. The second kappa shape index (κ2) is 4.80. The van der Waals surface area contributed by atoms with Crippen molar-refractivity contribution >= 4 is 31.8 Å². The Hall–Kier alpha value is -1.47. The lowest BCUT2D eigenvalue weighted by Crippen LogP contribution is -2.13. The normalized spacial score (nSPS) is 11.1. The first kappa shape index (κ1) is 12.0. The number of aromatic nitrogens is 2. The molecule has 2 rings (SSSR count). The van der Waals surface area contributed by atoms with Crippen LogP contribution in [0.1, 0.15) is 0 Å². The summed E-state index contributed by atoms with van der Waals surface area (Å²) in [5, 5.41) is 0. The smallest absolute Gasteiger partial charge is 0.262 e. The molecule has 88 valence electrons. The molecule has 1 aromatic heterocycles. The maximum atomic E-state index is 11.9. The lowest BCUT2D eigenvalue weighted by Gasteiger charge is -2.06. The summed E-state index contributed by atoms with van der Waals surface area (Å²) in [5.74, 6) is 0.178. The van der Waals surface area contributed by atoms with Crippen molar-refractivity contribution in [3.05, 3.63) is 47.3 Å². The van der Waals surface area contributed by atoms with Crippen LogP contribution in [0.15, 0.2) is 52.2 Å². The highest BCUT2D eigenvalue weighted by Crippen LogP contribution is 2.13. The van der Waals surface area contributed by atoms with Gasteiger partial charge >= 0.3 is 0 Å². The van der Waals surface area contributed by atoms with Gasteiger partial charge in [-0.2, -0.15) is 0 Å². The molecule has 0 atom stereocenters. The van der Waals surface area contributed by atoms with E-state index in [1.807, 2.05) is 0 Å². The molecule has 0 fully saturated rings. The molecule has 0 spiro atoms. The van der Waals surface area contributed by atoms with Crippen LogP contribution in [0.25, 0.3) is 0 Å². The van der Waals surface area contributed by atoms with Gasteiger partial charge in [-0.1, -0.05) is 18.2 Å². The van der Waals surface area contributed by atoms with Crippen molar-refractivity contribution in [2.24, 2.45) is 0 Å². The number of sulfonamides is 1. The first-order valence-electron chi connectivity index (χ1n) is 4.63. The van der Waals surface area contributed by atoms with Gasteiger partial charge in [0.05, 0.1) is 17.3 Å². The van der Waals surface area contributed by atoms with E-state index in [9.17, 15) is 8.42 Å². The highest BCUT2D eigenvalue weighted by molar-refractivity contribution is 9.10. The minimum absolute atomic E-state index is 0.178. The van der Waals surface area contributed by atoms with Crippen LogP contribution in [0, 0.1) is 0 Å². The number of hydrogen-bond acceptors (Lipinski definition) is 4. The van der Waals surface area contributed by atoms with Crippen LogP contribution in [-0.2, 0) is 10.0 Å². The van der Waals surface area contributed by atoms with E-state index in [0.29, 0.717) is 4.60 Å². The Balaban J connectivity index is 2.27. The lowest BCUT2D eigenvalue weighted by molar-refractivity contribution is 0.601. The summed E-state index contributed by atoms with van der Waals surface area (Å²) in [6.45, 7) is 0. The molecule has 0 unspecified atom stereocenters. The third-order valence-corrected chi connectivity index (χ3v) is 3.69. The van der Waals surface area contributed by atoms with Gasteiger partial charge in [-0.15, -0.1) is 0 Å². The van der Waals surface area contributed by atoms with Crippen LogP contribution >= 0.6 is 15.9 Å². The zero-order valence-corrected chi connectivity index (χ0v) is 10.9. The molecule has 1 heterocycles. The van der Waals surface area contributed by atoms with Crippen molar-refractivity contribution in [1.82, 2.24) is 9.97 Å². The molecule has 0 radical (unpaired) electrons. The first-order valence-corrected chi connectivity index (χ1v) is 6.91. The molecular formula is C10H8BrN3O2S. The van der Waals surface area contributed by atoms with Crippen LogP contribution in [0.3, 0.4) is 0 Å². The van der Waals surface area contributed by atoms with E-state index in [2.05, 4.69) is 30.6 Å². The Labute approximate surface area is 107 Å². The fourth-order valence-electron chi connectivity index (χ4n) is 1.16. The number of rotatable bonds is 3. The quantitative estimate of drug-likeness (QED) is 0.941. The highest BCUT2D eigenvalue weighted by atomic mass is 79.9. The molecule has 0 bridgehead atoms. The number of benzene rings is 1. The molecule has 17 heavy (non-hydrogen) atoms. The highest BCUT2D eigenvalue weighted by Gasteiger charge is 2.13. The Morgan fingerprint density at radius 3 is 2.35 bits per heavy atom. The molecule has 0 saturated heterocycles. The summed E-state index contributed by atoms with van der Waals surface area (Å²) in [5.41, 5.74) is 0. The standard InChI is InChI=1S/C10H8BrN3O2S/c11-9-6-13-10(7-12-9)14-17(15,16)8-4-2-1-3-5-8/h1-7H,(H,13,14). The van der Waals surface area contributed by atoms with E-state index in [-0.39, 0.29) is 10.7 Å². The molecule has 1 N–H and O–H groups in total. The minimum Gasteiger partial charge on any atom is -0.262 e. The van der Waals surface area contributed by atoms with Gasteiger partial charge < -0.3 is 0 Å². The third kappa shape index (κ3) is 3.01. The van der Waals surface area contributed by atoms with Gasteiger partial charge in [0, 0.05) is 0 Å². The molecular weight excluding hydrogens is 306 g/mol. The van der Waals surface area contributed by atoms with Crippen molar-refractivity contribution in [3.63, 3.8) is 0 Å². The van der Waals surface area contributed by atoms with Gasteiger partial charge in [0.2, 0.25) is 0 Å². The number of halogens is 1. The predicted molar refractivity (Wildman–Crippen MR) is 67.0 cm³/mol. The Morgan fingerprint density at radius 1 is 1.06 bits per heavy atom. The Morgan fingerprint density at radius 2 is 1.76 bits per heavy atom. The maximum absolute atomic E-state index is 11.9. The van der Waals surface area contributed by atoms with E-state index in [4.69, 9.17) is 0 Å². The molecule has 0 aliphatic carbocycles. The Bertz CT molecular complexity index is 599. The van der Waals surface area contributed by atoms with Crippen molar-refractivity contribution in [1.29, 1.82) is 0 Å². The first-order chi connectivity index (χ1) is 8.08. The summed E-state index contributed by atoms with van der Waals surface area (Å²) < 4.78 is 26.7. The second-order valence-electron chi connectivity index (χ2n) is 3.14. The summed E-state index contributed by atoms with van der Waals surface area (Å²) >= 11 is 3.12. The monoisotopic (exact) mass is 313 g/mol. The van der Waals surface area contributed by atoms with Crippen molar-refractivity contribution in [2.45, 2.75) is 4.90 Å². The summed E-state index contributed by atoms with van der Waals surface area (Å²) in [6, 6.07) is 8.07. The summed E-state index contributed by atoms with van der Waals surface area (Å²) in [6.07, 6.45) is 2.76. The van der Waals surface area contributed by atoms with Crippen molar-refractivity contribution in [2.75, 3.05) is 4.72 Å². The average Bonchev–Trinajstić information content (AvgIpc) is 2.33. The molecule has 0 aliphatic heterocycles.